The topological polar surface area (TPSA) is 189 Å². The van der Waals surface area contributed by atoms with Gasteiger partial charge in [-0.2, -0.15) is 0 Å². The minimum atomic E-state index is -4.70. The molecule has 2 atom stereocenters. The average Bonchev–Trinajstić information content (AvgIpc) is 3.70. The number of H-pyrrole nitrogens is 1. The molecule has 3 aliphatic heterocycles. The van der Waals surface area contributed by atoms with Gasteiger partial charge in [0.05, 0.1) is 51.8 Å². The fourth-order valence-corrected chi connectivity index (χ4v) is 13.6. The van der Waals surface area contributed by atoms with Crippen LogP contribution < -0.4 is 19.1 Å². The molecule has 69 heavy (non-hydrogen) atoms. The molecule has 5 aliphatic rings. The average molecular weight is 983 g/mol. The summed E-state index contributed by atoms with van der Waals surface area (Å²) in [6, 6.07) is 18.0. The summed E-state index contributed by atoms with van der Waals surface area (Å²) in [5, 5.41) is 22.9. The van der Waals surface area contributed by atoms with Crippen LogP contribution in [0.3, 0.4) is 0 Å². The van der Waals surface area contributed by atoms with Crippen LogP contribution in [0.2, 0.25) is 0 Å². The largest absolute Gasteiger partial charge is 0.491 e. The van der Waals surface area contributed by atoms with E-state index in [-0.39, 0.29) is 56.4 Å². The molecule has 15 nitrogen and oxygen atoms in total. The Morgan fingerprint density at radius 1 is 1.07 bits per heavy atom. The highest BCUT2D eigenvalue weighted by molar-refractivity contribution is 8.00. The number of morpholine rings is 1. The van der Waals surface area contributed by atoms with Crippen molar-refractivity contribution in [3.05, 3.63) is 106 Å². The third-order valence-electron chi connectivity index (χ3n) is 15.3. The van der Waals surface area contributed by atoms with Crippen LogP contribution in [0.25, 0.3) is 11.0 Å². The number of nitrogens with one attached hydrogen (secondary N) is 2. The van der Waals surface area contributed by atoms with Gasteiger partial charge in [-0.3, -0.25) is 19.8 Å². The van der Waals surface area contributed by atoms with Gasteiger partial charge in [0.15, 0.2) is 0 Å². The summed E-state index contributed by atoms with van der Waals surface area (Å²) in [5.41, 5.74) is 2.77. The number of sulfonamides is 1. The van der Waals surface area contributed by atoms with Crippen molar-refractivity contribution >= 4 is 50.1 Å². The lowest BCUT2D eigenvalue weighted by atomic mass is 9.59. The smallest absolute Gasteiger partial charge is 0.288 e. The number of rotatable bonds is 12. The molecule has 2 saturated carbocycles. The Hall–Kier alpha value is -5.27. The molecule has 0 unspecified atom stereocenters. The van der Waals surface area contributed by atoms with E-state index in [1.165, 1.54) is 53.5 Å². The number of aliphatic hydroxyl groups is 1. The van der Waals surface area contributed by atoms with Crippen molar-refractivity contribution in [1.29, 1.82) is 0 Å². The van der Waals surface area contributed by atoms with E-state index >= 15 is 0 Å². The summed E-state index contributed by atoms with van der Waals surface area (Å²) in [4.78, 5) is 37.6. The van der Waals surface area contributed by atoms with Crippen LogP contribution in [-0.4, -0.2) is 95.6 Å². The monoisotopic (exact) mass is 982 g/mol. The first-order valence-corrected chi connectivity index (χ1v) is 26.4. The number of hydrogen-bond donors (Lipinski definition) is 3. The number of halogens is 1. The van der Waals surface area contributed by atoms with Gasteiger partial charge in [0, 0.05) is 61.0 Å². The highest BCUT2D eigenvalue weighted by Gasteiger charge is 2.50. The third kappa shape index (κ3) is 9.79. The first-order chi connectivity index (χ1) is 33.0. The Morgan fingerprint density at radius 2 is 1.84 bits per heavy atom. The lowest BCUT2D eigenvalue weighted by molar-refractivity contribution is -0.388. The number of aromatic amines is 1. The van der Waals surface area contributed by atoms with E-state index in [2.05, 4.69) is 62.6 Å². The normalized spacial score (nSPS) is 24.1. The Bertz CT molecular complexity index is 2870. The predicted octanol–water partition coefficient (Wildman–Crippen LogP) is 9.65. The highest BCUT2D eigenvalue weighted by Crippen LogP contribution is 2.54. The number of nitro groups is 1. The fraction of sp³-hybridized carbons (Fsp3) is 0.490. The van der Waals surface area contributed by atoms with E-state index in [1.54, 1.807) is 12.1 Å². The second-order valence-electron chi connectivity index (χ2n) is 20.3. The Balaban J connectivity index is 0.855. The number of thioether (sulfide) groups is 1. The molecule has 5 aromatic rings. The predicted molar refractivity (Wildman–Crippen MR) is 260 cm³/mol. The van der Waals surface area contributed by atoms with Crippen molar-refractivity contribution in [2.24, 2.45) is 11.3 Å². The number of carbonyl (C=O) groups excluding carboxylic acids is 1. The van der Waals surface area contributed by atoms with Crippen molar-refractivity contribution in [1.82, 2.24) is 19.6 Å². The molecule has 2 saturated heterocycles. The number of aromatic nitrogens is 2. The van der Waals surface area contributed by atoms with Crippen LogP contribution >= 0.6 is 11.8 Å². The number of pyridine rings is 1. The number of fused-ring (bicyclic) bond motifs is 2. The van der Waals surface area contributed by atoms with E-state index in [9.17, 15) is 32.8 Å². The number of nitrogens with zero attached hydrogens (tertiary/aromatic N) is 4. The summed E-state index contributed by atoms with van der Waals surface area (Å²) in [5.74, 6) is -0.626. The van der Waals surface area contributed by atoms with Gasteiger partial charge in [0.1, 0.15) is 40.2 Å². The lowest BCUT2D eigenvalue weighted by Gasteiger charge is -2.57. The van der Waals surface area contributed by atoms with Crippen molar-refractivity contribution in [2.45, 2.75) is 117 Å². The number of piperidine rings is 1. The minimum absolute atomic E-state index is 0.0186. The summed E-state index contributed by atoms with van der Waals surface area (Å²) in [7, 11) is -4.70. The molecule has 0 bridgehead atoms. The van der Waals surface area contributed by atoms with Gasteiger partial charge in [-0.15, -0.1) is 11.8 Å². The standard InChI is InChI=1S/C51H59FN6O9S2/c1-31(2)38-6-4-5-7-39(38)44-30-65-19-18-57(44)34-25-51(26-34)14-16-56(17-15-51)33-8-9-40(45(21-33)67-35-22-41-42(52)28-54-48(41)53-27-35)49(59)55-69(63,64)37-23-43(58(61)62)47-46(24-37)66-29-36(68-47)20-32-10-12-50(3,60)13-11-32/h4-9,21-24,27-28,31-32,34,36,44,60H,10-20,25-26,29-30H2,1-3H3,(H,53,54)(H,55,59)/t32?,36-,44-,50?/m0/s1. The van der Waals surface area contributed by atoms with Crippen molar-refractivity contribution in [3.63, 3.8) is 0 Å². The number of nitro benzene ring substituents is 1. The van der Waals surface area contributed by atoms with Gasteiger partial charge in [-0.05, 0) is 111 Å². The number of benzene rings is 3. The Kier molecular flexibility index (Phi) is 12.9. The first kappa shape index (κ1) is 47.4. The zero-order valence-electron chi connectivity index (χ0n) is 39.1. The number of ether oxygens (including phenoxy) is 3. The number of amides is 1. The maximum atomic E-state index is 14.7. The zero-order chi connectivity index (χ0) is 48.2. The number of hydrogen-bond acceptors (Lipinski definition) is 13. The van der Waals surface area contributed by atoms with E-state index in [0.717, 1.165) is 82.9 Å². The van der Waals surface area contributed by atoms with Gasteiger partial charge in [0.2, 0.25) is 0 Å². The SMILES string of the molecule is CC(C)c1ccccc1[C@@H]1COCCN1C1CC2(CCN(c3ccc(C(=O)NS(=O)(=O)c4cc5c(c([N+](=O)[O-])c4)S[C@@H](CC4CCC(C)(O)CC4)CO5)c(Oc4cnc5[nH]cc(F)c5c4)c3)CC2)C1. The molecular formula is C51H59FN6O9S2. The molecule has 3 aromatic carbocycles. The summed E-state index contributed by atoms with van der Waals surface area (Å²) in [6.07, 6.45) is 10.5. The third-order valence-corrected chi connectivity index (χ3v) is 17.9. The lowest BCUT2D eigenvalue weighted by Crippen LogP contribution is -2.58. The van der Waals surface area contributed by atoms with E-state index < -0.39 is 42.9 Å². The van der Waals surface area contributed by atoms with Crippen LogP contribution in [-0.2, 0) is 14.8 Å². The molecule has 1 spiro atoms. The van der Waals surface area contributed by atoms with Crippen LogP contribution in [0, 0.1) is 27.3 Å². The van der Waals surface area contributed by atoms with Crippen molar-refractivity contribution in [2.75, 3.05) is 44.4 Å². The Morgan fingerprint density at radius 3 is 2.59 bits per heavy atom. The molecule has 5 heterocycles. The maximum Gasteiger partial charge on any atom is 0.288 e. The van der Waals surface area contributed by atoms with Gasteiger partial charge < -0.3 is 29.2 Å². The molecule has 1 amide bonds. The number of carbonyl (C=O) groups is 1. The first-order valence-electron chi connectivity index (χ1n) is 24.1. The summed E-state index contributed by atoms with van der Waals surface area (Å²) < 4.78 is 63.1. The van der Waals surface area contributed by atoms with Gasteiger partial charge in [0.25, 0.3) is 21.6 Å². The van der Waals surface area contributed by atoms with Gasteiger partial charge in [-0.25, -0.2) is 22.5 Å². The fourth-order valence-electron chi connectivity index (χ4n) is 11.3. The summed E-state index contributed by atoms with van der Waals surface area (Å²) >= 11 is 1.30. The summed E-state index contributed by atoms with van der Waals surface area (Å²) in [6.45, 7) is 10.4. The highest BCUT2D eigenvalue weighted by atomic mass is 32.2. The van der Waals surface area contributed by atoms with Crippen molar-refractivity contribution in [3.8, 4) is 17.2 Å². The second-order valence-corrected chi connectivity index (χ2v) is 23.3. The quantitative estimate of drug-likeness (QED) is 0.0792. The Labute approximate surface area is 405 Å². The molecule has 10 rings (SSSR count). The van der Waals surface area contributed by atoms with E-state index in [1.807, 2.05) is 6.92 Å². The molecule has 366 valence electrons. The van der Waals surface area contributed by atoms with Crippen molar-refractivity contribution < 1.29 is 41.8 Å². The number of anilines is 1. The molecular weight excluding hydrogens is 924 g/mol. The van der Waals surface area contributed by atoms with Crippen LogP contribution in [0.1, 0.15) is 112 Å². The molecule has 2 aromatic heterocycles. The van der Waals surface area contributed by atoms with Gasteiger partial charge >= 0.3 is 0 Å². The second kappa shape index (κ2) is 18.8. The minimum Gasteiger partial charge on any atom is -0.491 e. The zero-order valence-corrected chi connectivity index (χ0v) is 40.8. The molecule has 18 heteroatoms. The van der Waals surface area contributed by atoms with E-state index in [0.29, 0.717) is 43.0 Å². The van der Waals surface area contributed by atoms with Crippen LogP contribution in [0.15, 0.2) is 82.8 Å². The maximum absolute atomic E-state index is 14.7. The molecule has 2 aliphatic carbocycles. The van der Waals surface area contributed by atoms with E-state index in [4.69, 9.17) is 14.2 Å². The molecule has 4 fully saturated rings. The van der Waals surface area contributed by atoms with Crippen LogP contribution in [0.5, 0.6) is 17.2 Å². The van der Waals surface area contributed by atoms with Gasteiger partial charge in [-0.1, -0.05) is 38.1 Å². The van der Waals surface area contributed by atoms with Crippen LogP contribution in [0.4, 0.5) is 15.8 Å². The molecule has 0 radical (unpaired) electrons. The molecule has 3 N–H and O–H groups in total.